The van der Waals surface area contributed by atoms with Gasteiger partial charge in [-0.05, 0) is 23.8 Å². The molecule has 2 aliphatic rings. The van der Waals surface area contributed by atoms with Crippen molar-refractivity contribution in [2.45, 2.75) is 76.5 Å². The third-order valence-corrected chi connectivity index (χ3v) is 5.50. The lowest BCUT2D eigenvalue weighted by Gasteiger charge is -2.29. The highest BCUT2D eigenvalue weighted by molar-refractivity contribution is 5.71. The molecule has 0 aromatic heterocycles. The van der Waals surface area contributed by atoms with Gasteiger partial charge in [0, 0.05) is 16.5 Å². The van der Waals surface area contributed by atoms with E-state index in [1.165, 1.54) is 23.0 Å². The minimum Gasteiger partial charge on any atom is -0.492 e. The van der Waals surface area contributed by atoms with Gasteiger partial charge in [-0.3, -0.25) is 0 Å². The largest absolute Gasteiger partial charge is 0.492 e. The zero-order valence-electron chi connectivity index (χ0n) is 14.6. The van der Waals surface area contributed by atoms with Gasteiger partial charge in [0.05, 0.1) is 12.0 Å². The van der Waals surface area contributed by atoms with Gasteiger partial charge in [-0.25, -0.2) is 0 Å². The first-order chi connectivity index (χ1) is 10.2. The maximum absolute atomic E-state index is 11.9. The number of carbonyl (C=O) groups excluding carboxylic acids is 1. The molecule has 0 atom stereocenters. The van der Waals surface area contributed by atoms with Gasteiger partial charge < -0.3 is 9.53 Å². The number of ether oxygens (including phenoxy) is 1. The quantitative estimate of drug-likeness (QED) is 0.742. The van der Waals surface area contributed by atoms with Gasteiger partial charge in [-0.15, -0.1) is 0 Å². The number of hydrogen-bond donors (Lipinski definition) is 0. The molecule has 0 spiro atoms. The van der Waals surface area contributed by atoms with Crippen LogP contribution in [0.1, 0.15) is 77.0 Å². The Balaban J connectivity index is 2.24. The fourth-order valence-corrected chi connectivity index (χ4v) is 3.94. The Hall–Kier alpha value is -1.31. The summed E-state index contributed by atoms with van der Waals surface area (Å²) in [6, 6.07) is 4.51. The second-order valence-corrected chi connectivity index (χ2v) is 8.80. The summed E-state index contributed by atoms with van der Waals surface area (Å²) < 4.78 is 6.07. The molecule has 3 rings (SSSR count). The highest BCUT2D eigenvalue weighted by atomic mass is 16.5. The molecule has 22 heavy (non-hydrogen) atoms. The van der Waals surface area contributed by atoms with Gasteiger partial charge in [-0.2, -0.15) is 0 Å². The van der Waals surface area contributed by atoms with E-state index in [2.05, 4.69) is 46.8 Å². The second-order valence-electron chi connectivity index (χ2n) is 8.80. The minimum atomic E-state index is -0.270. The predicted octanol–water partition coefficient (Wildman–Crippen LogP) is 4.66. The average Bonchev–Trinajstić information content (AvgIpc) is 3.03. The lowest BCUT2D eigenvalue weighted by molar-refractivity contribution is -0.112. The Bertz CT molecular complexity index is 599. The summed E-state index contributed by atoms with van der Waals surface area (Å²) in [7, 11) is 0. The van der Waals surface area contributed by atoms with Crippen molar-refractivity contribution in [1.29, 1.82) is 0 Å². The first-order valence-electron chi connectivity index (χ1n) is 8.48. The molecule has 1 aliphatic carbocycles. The van der Waals surface area contributed by atoms with Crippen molar-refractivity contribution in [3.05, 3.63) is 28.8 Å². The van der Waals surface area contributed by atoms with Gasteiger partial charge in [0.1, 0.15) is 12.0 Å². The van der Waals surface area contributed by atoms with Gasteiger partial charge in [0.15, 0.2) is 0 Å². The molecule has 0 amide bonds. The van der Waals surface area contributed by atoms with Crippen LogP contribution in [0.2, 0.25) is 0 Å². The van der Waals surface area contributed by atoms with Crippen LogP contribution in [-0.2, 0) is 21.0 Å². The molecule has 0 bridgehead atoms. The van der Waals surface area contributed by atoms with E-state index >= 15 is 0 Å². The number of rotatable bonds is 2. The minimum absolute atomic E-state index is 0.0171. The molecular formula is C20H28O2. The molecule has 120 valence electrons. The zero-order valence-corrected chi connectivity index (χ0v) is 14.6. The van der Waals surface area contributed by atoms with E-state index in [9.17, 15) is 4.79 Å². The molecule has 2 heteroatoms. The van der Waals surface area contributed by atoms with E-state index in [4.69, 9.17) is 4.74 Å². The molecule has 1 aromatic rings. The topological polar surface area (TPSA) is 26.3 Å². The Morgan fingerprint density at radius 1 is 1.14 bits per heavy atom. The molecule has 1 aliphatic heterocycles. The average molecular weight is 300 g/mol. The molecule has 0 unspecified atom stereocenters. The normalized spacial score (nSPS) is 22.2. The van der Waals surface area contributed by atoms with Crippen LogP contribution < -0.4 is 4.74 Å². The number of benzene rings is 1. The van der Waals surface area contributed by atoms with Crippen LogP contribution in [0.5, 0.6) is 5.75 Å². The van der Waals surface area contributed by atoms with Crippen molar-refractivity contribution >= 4 is 6.29 Å². The standard InChI is InChI=1S/C20H28O2/c1-18(2,3)15-10-14(20(12-21)8-6-7-9-20)11-16-17(15)22-13-19(16,4)5/h10-12H,6-9,13H2,1-5H3. The molecule has 1 aromatic carbocycles. The molecule has 0 saturated heterocycles. The van der Waals surface area contributed by atoms with Gasteiger partial charge in [0.2, 0.25) is 0 Å². The van der Waals surface area contributed by atoms with Crippen LogP contribution in [0.3, 0.4) is 0 Å². The Kier molecular flexibility index (Phi) is 3.43. The summed E-state index contributed by atoms with van der Waals surface area (Å²) in [4.78, 5) is 11.9. The molecule has 0 N–H and O–H groups in total. The maximum Gasteiger partial charge on any atom is 0.130 e. The molecule has 1 fully saturated rings. The Morgan fingerprint density at radius 2 is 1.77 bits per heavy atom. The van der Waals surface area contributed by atoms with Crippen molar-refractivity contribution < 1.29 is 9.53 Å². The smallest absolute Gasteiger partial charge is 0.130 e. The van der Waals surface area contributed by atoms with E-state index in [0.717, 1.165) is 38.0 Å². The SMILES string of the molecule is CC(C)(C)c1cc(C2(C=O)CCCC2)cc2c1OCC2(C)C. The second kappa shape index (κ2) is 4.84. The van der Waals surface area contributed by atoms with Gasteiger partial charge in [-0.1, -0.05) is 59.6 Å². The van der Waals surface area contributed by atoms with Crippen molar-refractivity contribution in [2.24, 2.45) is 0 Å². The first-order valence-corrected chi connectivity index (χ1v) is 8.48. The summed E-state index contributed by atoms with van der Waals surface area (Å²) in [5, 5.41) is 0. The van der Waals surface area contributed by atoms with Crippen LogP contribution in [-0.4, -0.2) is 12.9 Å². The van der Waals surface area contributed by atoms with Crippen molar-refractivity contribution in [3.8, 4) is 5.75 Å². The van der Waals surface area contributed by atoms with Gasteiger partial charge >= 0.3 is 0 Å². The number of carbonyl (C=O) groups is 1. The zero-order chi connectivity index (χ0) is 16.2. The number of aldehydes is 1. The van der Waals surface area contributed by atoms with Crippen molar-refractivity contribution in [2.75, 3.05) is 6.61 Å². The fourth-order valence-electron chi connectivity index (χ4n) is 3.94. The van der Waals surface area contributed by atoms with E-state index in [1.807, 2.05) is 0 Å². The predicted molar refractivity (Wildman–Crippen MR) is 89.9 cm³/mol. The molecular weight excluding hydrogens is 272 g/mol. The van der Waals surface area contributed by atoms with Crippen LogP contribution in [0.15, 0.2) is 12.1 Å². The van der Waals surface area contributed by atoms with Crippen LogP contribution in [0.4, 0.5) is 0 Å². The summed E-state index contributed by atoms with van der Waals surface area (Å²) in [6.45, 7) is 11.9. The Morgan fingerprint density at radius 3 is 2.32 bits per heavy atom. The molecule has 1 heterocycles. The van der Waals surface area contributed by atoms with Crippen LogP contribution in [0, 0.1) is 0 Å². The molecule has 1 saturated carbocycles. The maximum atomic E-state index is 11.9. The van der Waals surface area contributed by atoms with E-state index in [0.29, 0.717) is 0 Å². The highest BCUT2D eigenvalue weighted by Gasteiger charge is 2.41. The summed E-state index contributed by atoms with van der Waals surface area (Å²) in [6.07, 6.45) is 5.48. The highest BCUT2D eigenvalue weighted by Crippen LogP contribution is 2.49. The third-order valence-electron chi connectivity index (χ3n) is 5.50. The monoisotopic (exact) mass is 300 g/mol. The third kappa shape index (κ3) is 2.28. The summed E-state index contributed by atoms with van der Waals surface area (Å²) >= 11 is 0. The fraction of sp³-hybridized carbons (Fsp3) is 0.650. The molecule has 2 nitrogen and oxygen atoms in total. The van der Waals surface area contributed by atoms with Crippen LogP contribution in [0.25, 0.3) is 0 Å². The van der Waals surface area contributed by atoms with Crippen LogP contribution >= 0.6 is 0 Å². The lowest BCUT2D eigenvalue weighted by atomic mass is 9.73. The summed E-state index contributed by atoms with van der Waals surface area (Å²) in [5.41, 5.74) is 3.51. The van der Waals surface area contributed by atoms with E-state index in [-0.39, 0.29) is 16.2 Å². The summed E-state index contributed by atoms with van der Waals surface area (Å²) in [5.74, 6) is 1.06. The lowest BCUT2D eigenvalue weighted by Crippen LogP contribution is -2.26. The Labute approximate surface area is 134 Å². The van der Waals surface area contributed by atoms with Crippen molar-refractivity contribution in [1.82, 2.24) is 0 Å². The molecule has 0 radical (unpaired) electrons. The van der Waals surface area contributed by atoms with E-state index < -0.39 is 0 Å². The van der Waals surface area contributed by atoms with E-state index in [1.54, 1.807) is 0 Å². The number of hydrogen-bond acceptors (Lipinski definition) is 2. The van der Waals surface area contributed by atoms with Gasteiger partial charge in [0.25, 0.3) is 0 Å². The van der Waals surface area contributed by atoms with Crippen molar-refractivity contribution in [3.63, 3.8) is 0 Å². The number of fused-ring (bicyclic) bond motifs is 1. The first kappa shape index (κ1) is 15.6.